The molecule has 0 aromatic carbocycles. The van der Waals surface area contributed by atoms with Crippen molar-refractivity contribution in [3.8, 4) is 5.88 Å². The van der Waals surface area contributed by atoms with Crippen LogP contribution in [0.25, 0.3) is 10.3 Å². The van der Waals surface area contributed by atoms with Crippen LogP contribution in [0.5, 0.6) is 5.88 Å². The van der Waals surface area contributed by atoms with Gasteiger partial charge in [0.2, 0.25) is 0 Å². The molecule has 0 fully saturated rings. The quantitative estimate of drug-likeness (QED) is 0.793. The number of fused-ring (bicyclic) bond motifs is 1. The van der Waals surface area contributed by atoms with E-state index in [1.165, 1.54) is 24.5 Å². The van der Waals surface area contributed by atoms with Crippen LogP contribution in [-0.4, -0.2) is 17.1 Å². The minimum atomic E-state index is -0.493. The van der Waals surface area contributed by atoms with E-state index in [1.54, 1.807) is 0 Å². The summed E-state index contributed by atoms with van der Waals surface area (Å²) in [5.74, 6) is -0.489. The maximum Gasteiger partial charge on any atom is 0.251 e. The molecule has 0 spiro atoms. The standard InChI is InChI=1S/C7H4BrFN2OS/c1-12-5-3(9)2-4-6(11-5)13-7(8)10-4/h2H,1H3. The first-order valence-corrected chi connectivity index (χ1v) is 4.98. The minimum Gasteiger partial charge on any atom is -0.479 e. The van der Waals surface area contributed by atoms with E-state index in [-0.39, 0.29) is 5.88 Å². The first-order chi connectivity index (χ1) is 6.20. The Hall–Kier alpha value is -0.750. The third-order valence-corrected chi connectivity index (χ3v) is 2.89. The minimum absolute atomic E-state index is 0.00338. The molecule has 3 nitrogen and oxygen atoms in total. The topological polar surface area (TPSA) is 35.0 Å². The maximum absolute atomic E-state index is 13.1. The van der Waals surface area contributed by atoms with Crippen molar-refractivity contribution in [3.05, 3.63) is 15.8 Å². The zero-order chi connectivity index (χ0) is 9.42. The molecule has 6 heteroatoms. The number of ether oxygens (including phenoxy) is 1. The number of pyridine rings is 1. The molecule has 0 atom stereocenters. The summed E-state index contributed by atoms with van der Waals surface area (Å²) in [7, 11) is 1.38. The van der Waals surface area contributed by atoms with Crippen LogP contribution in [0.4, 0.5) is 4.39 Å². The van der Waals surface area contributed by atoms with E-state index < -0.39 is 5.82 Å². The van der Waals surface area contributed by atoms with Gasteiger partial charge in [-0.15, -0.1) is 0 Å². The number of nitrogens with zero attached hydrogens (tertiary/aromatic N) is 2. The fourth-order valence-corrected chi connectivity index (χ4v) is 2.23. The van der Waals surface area contributed by atoms with Crippen molar-refractivity contribution in [2.45, 2.75) is 0 Å². The van der Waals surface area contributed by atoms with E-state index in [0.29, 0.717) is 14.3 Å². The Morgan fingerprint density at radius 1 is 1.54 bits per heavy atom. The molecule has 0 amide bonds. The highest BCUT2D eigenvalue weighted by Gasteiger charge is 2.09. The van der Waals surface area contributed by atoms with Gasteiger partial charge in [-0.3, -0.25) is 0 Å². The number of hydrogen-bond donors (Lipinski definition) is 0. The molecule has 2 rings (SSSR count). The average Bonchev–Trinajstić information content (AvgIpc) is 2.42. The number of hydrogen-bond acceptors (Lipinski definition) is 4. The zero-order valence-electron chi connectivity index (χ0n) is 6.54. The van der Waals surface area contributed by atoms with E-state index >= 15 is 0 Å². The highest BCUT2D eigenvalue weighted by molar-refractivity contribution is 9.11. The predicted molar refractivity (Wildman–Crippen MR) is 51.6 cm³/mol. The second kappa shape index (κ2) is 3.19. The molecule has 68 valence electrons. The van der Waals surface area contributed by atoms with Gasteiger partial charge in [-0.1, -0.05) is 11.3 Å². The fraction of sp³-hybridized carbons (Fsp3) is 0.143. The summed E-state index contributed by atoms with van der Waals surface area (Å²) in [5.41, 5.74) is 0.537. The predicted octanol–water partition coefficient (Wildman–Crippen LogP) is 2.60. The Labute approximate surface area is 85.7 Å². The van der Waals surface area contributed by atoms with Crippen LogP contribution < -0.4 is 4.74 Å². The normalized spacial score (nSPS) is 10.7. The monoisotopic (exact) mass is 262 g/mol. The molecule has 2 aromatic heterocycles. The molecule has 0 aliphatic heterocycles. The van der Waals surface area contributed by atoms with Crippen molar-refractivity contribution in [3.63, 3.8) is 0 Å². The van der Waals surface area contributed by atoms with Crippen LogP contribution in [-0.2, 0) is 0 Å². The summed E-state index contributed by atoms with van der Waals surface area (Å²) in [6.07, 6.45) is 0. The summed E-state index contributed by atoms with van der Waals surface area (Å²) < 4.78 is 18.5. The highest BCUT2D eigenvalue weighted by Crippen LogP contribution is 2.27. The van der Waals surface area contributed by atoms with E-state index in [9.17, 15) is 4.39 Å². The largest absolute Gasteiger partial charge is 0.479 e. The first-order valence-electron chi connectivity index (χ1n) is 3.37. The lowest BCUT2D eigenvalue weighted by molar-refractivity contribution is 0.371. The molecule has 0 N–H and O–H groups in total. The molecule has 2 aromatic rings. The number of thiazole rings is 1. The lowest BCUT2D eigenvalue weighted by Crippen LogP contribution is -1.91. The van der Waals surface area contributed by atoms with Gasteiger partial charge in [-0.25, -0.2) is 9.37 Å². The maximum atomic E-state index is 13.1. The molecule has 0 radical (unpaired) electrons. The average molecular weight is 263 g/mol. The van der Waals surface area contributed by atoms with Crippen LogP contribution in [0.15, 0.2) is 9.98 Å². The van der Waals surface area contributed by atoms with Crippen molar-refractivity contribution >= 4 is 37.6 Å². The third-order valence-electron chi connectivity index (χ3n) is 1.47. The molecule has 0 unspecified atom stereocenters. The van der Waals surface area contributed by atoms with Crippen molar-refractivity contribution in [1.82, 2.24) is 9.97 Å². The Kier molecular flexibility index (Phi) is 2.17. The Bertz CT molecular complexity index is 459. The highest BCUT2D eigenvalue weighted by atomic mass is 79.9. The van der Waals surface area contributed by atoms with Crippen molar-refractivity contribution in [2.75, 3.05) is 7.11 Å². The Morgan fingerprint density at radius 2 is 2.31 bits per heavy atom. The molecule has 0 saturated heterocycles. The zero-order valence-corrected chi connectivity index (χ0v) is 8.95. The first kappa shape index (κ1) is 8.83. The SMILES string of the molecule is COc1nc2sc(Br)nc2cc1F. The summed E-state index contributed by atoms with van der Waals surface area (Å²) in [4.78, 5) is 8.63. The number of methoxy groups -OCH3 is 1. The molecule has 2 heterocycles. The smallest absolute Gasteiger partial charge is 0.251 e. The van der Waals surface area contributed by atoms with Crippen molar-refractivity contribution < 1.29 is 9.13 Å². The van der Waals surface area contributed by atoms with Gasteiger partial charge in [0.15, 0.2) is 9.73 Å². The van der Waals surface area contributed by atoms with Crippen molar-refractivity contribution in [2.24, 2.45) is 0 Å². The van der Waals surface area contributed by atoms with Gasteiger partial charge in [0.05, 0.1) is 7.11 Å². The molecular formula is C7H4BrFN2OS. The van der Waals surface area contributed by atoms with Crippen LogP contribution in [0.2, 0.25) is 0 Å². The summed E-state index contributed by atoms with van der Waals surface area (Å²) >= 11 is 4.54. The summed E-state index contributed by atoms with van der Waals surface area (Å²) in [6.45, 7) is 0. The van der Waals surface area contributed by atoms with E-state index in [4.69, 9.17) is 4.74 Å². The lowest BCUT2D eigenvalue weighted by Gasteiger charge is -1.98. The number of halogens is 2. The van der Waals surface area contributed by atoms with Gasteiger partial charge in [0.25, 0.3) is 5.88 Å². The van der Waals surface area contributed by atoms with Crippen LogP contribution in [0.3, 0.4) is 0 Å². The van der Waals surface area contributed by atoms with Crippen LogP contribution >= 0.6 is 27.3 Å². The molecule has 0 saturated carbocycles. The van der Waals surface area contributed by atoms with Gasteiger partial charge in [-0.2, -0.15) is 4.98 Å². The van der Waals surface area contributed by atoms with Crippen LogP contribution in [0, 0.1) is 5.82 Å². The number of aromatic nitrogens is 2. The lowest BCUT2D eigenvalue weighted by atomic mass is 10.4. The second-order valence-corrected chi connectivity index (χ2v) is 4.52. The molecule has 0 bridgehead atoms. The molecule has 0 aliphatic carbocycles. The van der Waals surface area contributed by atoms with Gasteiger partial charge < -0.3 is 4.74 Å². The second-order valence-electron chi connectivity index (χ2n) is 2.27. The summed E-state index contributed by atoms with van der Waals surface area (Å²) in [6, 6.07) is 1.31. The summed E-state index contributed by atoms with van der Waals surface area (Å²) in [5, 5.41) is 0. The van der Waals surface area contributed by atoms with E-state index in [2.05, 4.69) is 25.9 Å². The van der Waals surface area contributed by atoms with Gasteiger partial charge in [0, 0.05) is 6.07 Å². The number of rotatable bonds is 1. The molecule has 0 aliphatic rings. The van der Waals surface area contributed by atoms with Gasteiger partial charge in [0.1, 0.15) is 10.3 Å². The molecule has 13 heavy (non-hydrogen) atoms. The Morgan fingerprint density at radius 3 is 3.00 bits per heavy atom. The van der Waals surface area contributed by atoms with Gasteiger partial charge >= 0.3 is 0 Å². The van der Waals surface area contributed by atoms with E-state index in [0.717, 1.165) is 0 Å². The Balaban J connectivity index is 2.72. The van der Waals surface area contributed by atoms with E-state index in [1.807, 2.05) is 0 Å². The fourth-order valence-electron chi connectivity index (χ4n) is 0.942. The van der Waals surface area contributed by atoms with Gasteiger partial charge in [-0.05, 0) is 15.9 Å². The van der Waals surface area contributed by atoms with Crippen molar-refractivity contribution in [1.29, 1.82) is 0 Å². The van der Waals surface area contributed by atoms with Crippen LogP contribution in [0.1, 0.15) is 0 Å². The third kappa shape index (κ3) is 1.51. The molecular weight excluding hydrogens is 259 g/mol.